The van der Waals surface area contributed by atoms with Crippen LogP contribution in [-0.2, 0) is 20.9 Å². The highest BCUT2D eigenvalue weighted by Crippen LogP contribution is 2.30. The van der Waals surface area contributed by atoms with Gasteiger partial charge in [-0.25, -0.2) is 9.78 Å². The molecular formula is C26H29N3O4S. The Balaban J connectivity index is 1.68. The maximum absolute atomic E-state index is 12.7. The molecule has 0 aliphatic heterocycles. The summed E-state index contributed by atoms with van der Waals surface area (Å²) in [4.78, 5) is 43.6. The predicted molar refractivity (Wildman–Crippen MR) is 133 cm³/mol. The van der Waals surface area contributed by atoms with Crippen LogP contribution in [0, 0.1) is 19.8 Å². The van der Waals surface area contributed by atoms with Crippen molar-refractivity contribution in [3.05, 3.63) is 76.3 Å². The van der Waals surface area contributed by atoms with Gasteiger partial charge in [-0.3, -0.25) is 14.5 Å². The number of esters is 1. The lowest BCUT2D eigenvalue weighted by molar-refractivity contribution is -0.148. The number of rotatable bonds is 8. The van der Waals surface area contributed by atoms with Gasteiger partial charge in [0, 0.05) is 17.9 Å². The maximum Gasteiger partial charge on any atom is 0.329 e. The normalized spacial score (nSPS) is 11.7. The molecule has 34 heavy (non-hydrogen) atoms. The van der Waals surface area contributed by atoms with Crippen LogP contribution < -0.4 is 10.2 Å². The first kappa shape index (κ1) is 25.1. The van der Waals surface area contributed by atoms with E-state index >= 15 is 0 Å². The second kappa shape index (κ2) is 11.1. The summed E-state index contributed by atoms with van der Waals surface area (Å²) in [5.41, 5.74) is 3.95. The molecule has 1 N–H and O–H groups in total. The fourth-order valence-corrected chi connectivity index (χ4v) is 4.18. The average molecular weight is 480 g/mol. The van der Waals surface area contributed by atoms with E-state index < -0.39 is 12.0 Å². The van der Waals surface area contributed by atoms with Gasteiger partial charge >= 0.3 is 5.97 Å². The molecule has 1 heterocycles. The Labute approximate surface area is 203 Å². The van der Waals surface area contributed by atoms with Crippen LogP contribution in [0.2, 0.25) is 0 Å². The van der Waals surface area contributed by atoms with Crippen molar-refractivity contribution in [1.29, 1.82) is 0 Å². The smallest absolute Gasteiger partial charge is 0.329 e. The highest BCUT2D eigenvalue weighted by atomic mass is 32.1. The fourth-order valence-electron chi connectivity index (χ4n) is 3.30. The van der Waals surface area contributed by atoms with Crippen LogP contribution in [0.1, 0.15) is 48.0 Å². The van der Waals surface area contributed by atoms with Gasteiger partial charge in [0.1, 0.15) is 12.6 Å². The first-order chi connectivity index (χ1) is 16.2. The van der Waals surface area contributed by atoms with Gasteiger partial charge in [-0.15, -0.1) is 11.3 Å². The molecule has 1 atom stereocenters. The zero-order valence-corrected chi connectivity index (χ0v) is 20.8. The predicted octanol–water partition coefficient (Wildman–Crippen LogP) is 4.94. The second-order valence-electron chi connectivity index (χ2n) is 8.41. The third-order valence-electron chi connectivity index (χ3n) is 5.40. The third kappa shape index (κ3) is 6.08. The lowest BCUT2D eigenvalue weighted by Crippen LogP contribution is -2.45. The average Bonchev–Trinajstić information content (AvgIpc) is 3.26. The van der Waals surface area contributed by atoms with Crippen LogP contribution >= 0.6 is 11.3 Å². The summed E-state index contributed by atoms with van der Waals surface area (Å²) in [5, 5.41) is 5.01. The maximum atomic E-state index is 12.7. The summed E-state index contributed by atoms with van der Waals surface area (Å²) in [6.07, 6.45) is 0. The van der Waals surface area contributed by atoms with Crippen molar-refractivity contribution >= 4 is 39.9 Å². The molecule has 0 saturated heterocycles. The minimum atomic E-state index is -0.796. The summed E-state index contributed by atoms with van der Waals surface area (Å²) in [6, 6.07) is 13.7. The Morgan fingerprint density at radius 1 is 1.06 bits per heavy atom. The van der Waals surface area contributed by atoms with Crippen molar-refractivity contribution in [1.82, 2.24) is 10.3 Å². The Hall–Kier alpha value is -3.52. The largest absolute Gasteiger partial charge is 0.458 e. The highest BCUT2D eigenvalue weighted by molar-refractivity contribution is 7.14. The number of carbonyl (C=O) groups excluding carboxylic acids is 3. The number of hydrogen-bond acceptors (Lipinski definition) is 6. The number of aromatic nitrogens is 1. The van der Waals surface area contributed by atoms with Crippen molar-refractivity contribution < 1.29 is 19.1 Å². The van der Waals surface area contributed by atoms with E-state index in [2.05, 4.69) is 10.3 Å². The first-order valence-electron chi connectivity index (χ1n) is 11.0. The zero-order valence-electron chi connectivity index (χ0n) is 20.0. The fraction of sp³-hybridized carbons (Fsp3) is 0.308. The summed E-state index contributed by atoms with van der Waals surface area (Å²) < 4.78 is 5.47. The summed E-state index contributed by atoms with van der Waals surface area (Å²) in [7, 11) is 0. The van der Waals surface area contributed by atoms with E-state index in [-0.39, 0.29) is 24.3 Å². The van der Waals surface area contributed by atoms with Gasteiger partial charge in [-0.2, -0.15) is 0 Å². The van der Waals surface area contributed by atoms with Gasteiger partial charge in [-0.1, -0.05) is 38.1 Å². The molecule has 0 spiro atoms. The molecular weight excluding hydrogens is 450 g/mol. The molecule has 8 heteroatoms. The molecule has 3 rings (SSSR count). The Morgan fingerprint density at radius 2 is 1.76 bits per heavy atom. The Morgan fingerprint density at radius 3 is 2.38 bits per heavy atom. The zero-order chi connectivity index (χ0) is 24.8. The lowest BCUT2D eigenvalue weighted by Gasteiger charge is -2.21. The van der Waals surface area contributed by atoms with E-state index in [9.17, 15) is 14.4 Å². The van der Waals surface area contributed by atoms with Crippen molar-refractivity contribution in [2.45, 2.75) is 47.3 Å². The van der Waals surface area contributed by atoms with Crippen LogP contribution in [0.25, 0.3) is 0 Å². The van der Waals surface area contributed by atoms with Crippen molar-refractivity contribution in [3.63, 3.8) is 0 Å². The van der Waals surface area contributed by atoms with Gasteiger partial charge in [0.2, 0.25) is 5.91 Å². The standard InChI is InChI=1S/C26H29N3O4S/c1-16(2)23(28-24(31)20-9-7-6-8-10-20)25(32)33-14-21-15-34-26(27-21)29(19(5)30)22-12-11-17(3)18(4)13-22/h6-13,15-16,23H,14H2,1-5H3,(H,28,31)/t23-/m0/s1. The molecule has 3 aromatic rings. The van der Waals surface area contributed by atoms with Gasteiger partial charge in [-0.05, 0) is 55.2 Å². The molecule has 0 saturated carbocycles. The highest BCUT2D eigenvalue weighted by Gasteiger charge is 2.27. The quantitative estimate of drug-likeness (QED) is 0.462. The van der Waals surface area contributed by atoms with Crippen LogP contribution in [0.3, 0.4) is 0 Å². The molecule has 0 fully saturated rings. The number of nitrogens with one attached hydrogen (secondary N) is 1. The van der Waals surface area contributed by atoms with Crippen molar-refractivity contribution in [2.24, 2.45) is 5.92 Å². The molecule has 0 unspecified atom stereocenters. The van der Waals surface area contributed by atoms with E-state index in [0.29, 0.717) is 16.4 Å². The third-order valence-corrected chi connectivity index (χ3v) is 6.27. The number of amides is 2. The number of ether oxygens (including phenoxy) is 1. The number of anilines is 2. The van der Waals surface area contributed by atoms with Crippen molar-refractivity contribution in [2.75, 3.05) is 4.90 Å². The van der Waals surface area contributed by atoms with Crippen LogP contribution in [0.5, 0.6) is 0 Å². The molecule has 2 aromatic carbocycles. The van der Waals surface area contributed by atoms with E-state index in [1.165, 1.54) is 18.3 Å². The number of benzene rings is 2. The van der Waals surface area contributed by atoms with Crippen LogP contribution in [0.15, 0.2) is 53.9 Å². The van der Waals surface area contributed by atoms with E-state index in [1.807, 2.05) is 52.0 Å². The topological polar surface area (TPSA) is 88.6 Å². The molecule has 178 valence electrons. The minimum Gasteiger partial charge on any atom is -0.458 e. The van der Waals surface area contributed by atoms with Gasteiger partial charge in [0.05, 0.1) is 11.4 Å². The molecule has 0 radical (unpaired) electrons. The van der Waals surface area contributed by atoms with Gasteiger partial charge in [0.15, 0.2) is 5.13 Å². The van der Waals surface area contributed by atoms with E-state index in [4.69, 9.17) is 4.74 Å². The molecule has 0 aliphatic carbocycles. The van der Waals surface area contributed by atoms with Crippen LogP contribution in [0.4, 0.5) is 10.8 Å². The minimum absolute atomic E-state index is 0.0571. The molecule has 7 nitrogen and oxygen atoms in total. The summed E-state index contributed by atoms with van der Waals surface area (Å²) in [5.74, 6) is -1.20. The van der Waals surface area contributed by atoms with E-state index in [1.54, 1.807) is 34.5 Å². The monoisotopic (exact) mass is 479 g/mol. The van der Waals surface area contributed by atoms with Gasteiger partial charge in [0.25, 0.3) is 5.91 Å². The molecule has 1 aromatic heterocycles. The van der Waals surface area contributed by atoms with Crippen molar-refractivity contribution in [3.8, 4) is 0 Å². The number of carbonyl (C=O) groups is 3. The first-order valence-corrected chi connectivity index (χ1v) is 11.9. The van der Waals surface area contributed by atoms with Crippen LogP contribution in [-0.4, -0.2) is 28.8 Å². The molecule has 0 bridgehead atoms. The number of hydrogen-bond donors (Lipinski definition) is 1. The summed E-state index contributed by atoms with van der Waals surface area (Å²) >= 11 is 1.30. The second-order valence-corrected chi connectivity index (χ2v) is 9.25. The van der Waals surface area contributed by atoms with E-state index in [0.717, 1.165) is 16.8 Å². The number of aryl methyl sites for hydroxylation is 2. The molecule has 0 aliphatic rings. The number of thiazole rings is 1. The SMILES string of the molecule is CC(=O)N(c1ccc(C)c(C)c1)c1nc(COC(=O)[C@@H](NC(=O)c2ccccc2)C(C)C)cs1. The molecule has 2 amide bonds. The Kier molecular flexibility index (Phi) is 8.17. The Bertz CT molecular complexity index is 1170. The van der Waals surface area contributed by atoms with Gasteiger partial charge < -0.3 is 10.1 Å². The summed E-state index contributed by atoms with van der Waals surface area (Å²) in [6.45, 7) is 9.11. The number of nitrogens with zero attached hydrogens (tertiary/aromatic N) is 2. The lowest BCUT2D eigenvalue weighted by atomic mass is 10.0.